The van der Waals surface area contributed by atoms with Gasteiger partial charge in [-0.15, -0.1) is 22.9 Å². The molecule has 0 saturated heterocycles. The Labute approximate surface area is 64.8 Å². The third-order valence-electron chi connectivity index (χ3n) is 0.640. The Bertz CT molecular complexity index is 176. The van der Waals surface area contributed by atoms with Gasteiger partial charge < -0.3 is 0 Å². The second-order valence-electron chi connectivity index (χ2n) is 1.19. The number of alkyl halides is 1. The highest BCUT2D eigenvalue weighted by Gasteiger charge is 1.94. The van der Waals surface area contributed by atoms with Crippen LogP contribution in [0.5, 0.6) is 0 Å². The van der Waals surface area contributed by atoms with Crippen molar-refractivity contribution in [1.29, 1.82) is 0 Å². The summed E-state index contributed by atoms with van der Waals surface area (Å²) in [6, 6.07) is 0. The average molecular weight is 212 g/mol. The van der Waals surface area contributed by atoms with Gasteiger partial charge in [0.15, 0.2) is 0 Å². The summed E-state index contributed by atoms with van der Waals surface area (Å²) in [6.07, 6.45) is 1.75. The number of nitrogens with zero attached hydrogens (tertiary/aromatic N) is 1. The second kappa shape index (κ2) is 2.80. The number of thiazole rings is 1. The van der Waals surface area contributed by atoms with E-state index in [0.29, 0.717) is 5.88 Å². The normalized spacial score (nSPS) is 9.75. The molecule has 0 unspecified atom stereocenters. The standard InChI is InChI=1S/C4H3BrClNS/c5-3-2-7-4(1-6)8-3/h2H,1H2. The number of aromatic nitrogens is 1. The maximum Gasteiger partial charge on any atom is 0.108 e. The van der Waals surface area contributed by atoms with Crippen LogP contribution in [0.2, 0.25) is 0 Å². The van der Waals surface area contributed by atoms with Crippen LogP contribution >= 0.6 is 38.9 Å². The second-order valence-corrected chi connectivity index (χ2v) is 3.95. The molecule has 1 aromatic heterocycles. The molecule has 1 aromatic rings. The molecule has 0 amide bonds. The van der Waals surface area contributed by atoms with E-state index in [1.165, 1.54) is 0 Å². The zero-order valence-electron chi connectivity index (χ0n) is 3.90. The number of hydrogen-bond acceptors (Lipinski definition) is 2. The van der Waals surface area contributed by atoms with Crippen molar-refractivity contribution in [3.05, 3.63) is 15.0 Å². The number of rotatable bonds is 1. The summed E-state index contributed by atoms with van der Waals surface area (Å²) in [4.78, 5) is 3.97. The molecule has 0 spiro atoms. The van der Waals surface area contributed by atoms with Gasteiger partial charge in [0, 0.05) is 0 Å². The number of hydrogen-bond donors (Lipinski definition) is 0. The fraction of sp³-hybridized carbons (Fsp3) is 0.250. The Morgan fingerprint density at radius 2 is 2.62 bits per heavy atom. The first-order valence-electron chi connectivity index (χ1n) is 1.99. The van der Waals surface area contributed by atoms with Crippen molar-refractivity contribution in [3.63, 3.8) is 0 Å². The Kier molecular flexibility index (Phi) is 2.28. The molecule has 4 heteroatoms. The van der Waals surface area contributed by atoms with Crippen LogP contribution in [0.25, 0.3) is 0 Å². The minimum absolute atomic E-state index is 0.510. The minimum Gasteiger partial charge on any atom is -0.247 e. The maximum absolute atomic E-state index is 5.47. The lowest BCUT2D eigenvalue weighted by Gasteiger charge is -1.75. The zero-order valence-corrected chi connectivity index (χ0v) is 7.05. The maximum atomic E-state index is 5.47. The monoisotopic (exact) mass is 211 g/mol. The fourth-order valence-electron chi connectivity index (χ4n) is 0.350. The van der Waals surface area contributed by atoms with E-state index < -0.39 is 0 Å². The summed E-state index contributed by atoms with van der Waals surface area (Å²) in [5.41, 5.74) is 0. The molecule has 0 aliphatic rings. The highest BCUT2D eigenvalue weighted by Crippen LogP contribution is 2.19. The molecule has 0 saturated carbocycles. The summed E-state index contributed by atoms with van der Waals surface area (Å²) in [5, 5.41) is 0.957. The van der Waals surface area contributed by atoms with E-state index in [9.17, 15) is 0 Å². The molecule has 0 fully saturated rings. The summed E-state index contributed by atoms with van der Waals surface area (Å²) in [6.45, 7) is 0. The van der Waals surface area contributed by atoms with Crippen LogP contribution in [0, 0.1) is 0 Å². The van der Waals surface area contributed by atoms with Gasteiger partial charge in [-0.05, 0) is 15.9 Å². The third kappa shape index (κ3) is 1.44. The van der Waals surface area contributed by atoms with Gasteiger partial charge in [0.2, 0.25) is 0 Å². The lowest BCUT2D eigenvalue weighted by Crippen LogP contribution is -1.67. The van der Waals surface area contributed by atoms with E-state index in [0.717, 1.165) is 8.79 Å². The van der Waals surface area contributed by atoms with Crippen LogP contribution in [0.3, 0.4) is 0 Å². The molecule has 0 radical (unpaired) electrons. The van der Waals surface area contributed by atoms with Gasteiger partial charge in [0.1, 0.15) is 5.01 Å². The lowest BCUT2D eigenvalue weighted by molar-refractivity contribution is 1.26. The van der Waals surface area contributed by atoms with E-state index in [-0.39, 0.29) is 0 Å². The fourth-order valence-corrected chi connectivity index (χ4v) is 1.74. The SMILES string of the molecule is ClCc1ncc(Br)s1. The molecule has 0 aromatic carbocycles. The van der Waals surface area contributed by atoms with Crippen molar-refractivity contribution in [3.8, 4) is 0 Å². The highest BCUT2D eigenvalue weighted by atomic mass is 79.9. The number of halogens is 2. The lowest BCUT2D eigenvalue weighted by atomic mass is 10.8. The molecule has 0 aliphatic carbocycles. The average Bonchev–Trinajstić information content (AvgIpc) is 2.14. The van der Waals surface area contributed by atoms with Gasteiger partial charge in [-0.3, -0.25) is 0 Å². The molecule has 8 heavy (non-hydrogen) atoms. The quantitative estimate of drug-likeness (QED) is 0.652. The molecule has 0 atom stereocenters. The Hall–Kier alpha value is 0.400. The van der Waals surface area contributed by atoms with Crippen LogP contribution in [0.4, 0.5) is 0 Å². The molecule has 0 N–H and O–H groups in total. The summed E-state index contributed by atoms with van der Waals surface area (Å²) >= 11 is 10.3. The Morgan fingerprint density at radius 1 is 1.88 bits per heavy atom. The van der Waals surface area contributed by atoms with Gasteiger partial charge in [-0.1, -0.05) is 0 Å². The van der Waals surface area contributed by atoms with Crippen molar-refractivity contribution >= 4 is 38.9 Å². The molecule has 1 heterocycles. The van der Waals surface area contributed by atoms with E-state index in [1.54, 1.807) is 17.5 Å². The molecule has 0 bridgehead atoms. The van der Waals surface area contributed by atoms with Crippen molar-refractivity contribution in [1.82, 2.24) is 4.98 Å². The van der Waals surface area contributed by atoms with Crippen LogP contribution < -0.4 is 0 Å². The summed E-state index contributed by atoms with van der Waals surface area (Å²) in [7, 11) is 0. The van der Waals surface area contributed by atoms with E-state index in [4.69, 9.17) is 11.6 Å². The van der Waals surface area contributed by atoms with Crippen molar-refractivity contribution in [2.75, 3.05) is 0 Å². The first-order valence-corrected chi connectivity index (χ1v) is 4.13. The predicted octanol–water partition coefficient (Wildman–Crippen LogP) is 2.64. The van der Waals surface area contributed by atoms with E-state index >= 15 is 0 Å². The first-order chi connectivity index (χ1) is 3.83. The molecule has 1 nitrogen and oxygen atoms in total. The van der Waals surface area contributed by atoms with Gasteiger partial charge in [-0.2, -0.15) is 0 Å². The highest BCUT2D eigenvalue weighted by molar-refractivity contribution is 9.11. The van der Waals surface area contributed by atoms with Gasteiger partial charge in [0.25, 0.3) is 0 Å². The zero-order chi connectivity index (χ0) is 5.98. The summed E-state index contributed by atoms with van der Waals surface area (Å²) < 4.78 is 1.04. The van der Waals surface area contributed by atoms with Crippen LogP contribution in [-0.2, 0) is 5.88 Å². The van der Waals surface area contributed by atoms with Crippen molar-refractivity contribution in [2.24, 2.45) is 0 Å². The first kappa shape index (κ1) is 6.52. The van der Waals surface area contributed by atoms with Crippen molar-refractivity contribution in [2.45, 2.75) is 5.88 Å². The van der Waals surface area contributed by atoms with Gasteiger partial charge in [-0.25, -0.2) is 4.98 Å². The smallest absolute Gasteiger partial charge is 0.108 e. The van der Waals surface area contributed by atoms with Crippen LogP contribution in [0.15, 0.2) is 9.98 Å². The molecule has 1 rings (SSSR count). The third-order valence-corrected chi connectivity index (χ3v) is 2.53. The predicted molar refractivity (Wildman–Crippen MR) is 39.4 cm³/mol. The van der Waals surface area contributed by atoms with Crippen LogP contribution in [0.1, 0.15) is 5.01 Å². The molecule has 0 aliphatic heterocycles. The Balaban J connectivity index is 2.84. The molecule has 44 valence electrons. The van der Waals surface area contributed by atoms with E-state index in [2.05, 4.69) is 20.9 Å². The van der Waals surface area contributed by atoms with Gasteiger partial charge in [0.05, 0.1) is 15.9 Å². The van der Waals surface area contributed by atoms with Crippen LogP contribution in [-0.4, -0.2) is 4.98 Å². The van der Waals surface area contributed by atoms with E-state index in [1.807, 2.05) is 0 Å². The van der Waals surface area contributed by atoms with Gasteiger partial charge >= 0.3 is 0 Å². The topological polar surface area (TPSA) is 12.9 Å². The molecular formula is C4H3BrClNS. The summed E-state index contributed by atoms with van der Waals surface area (Å²) in [5.74, 6) is 0.510. The minimum atomic E-state index is 0.510. The Morgan fingerprint density at radius 3 is 2.88 bits per heavy atom. The van der Waals surface area contributed by atoms with Crippen molar-refractivity contribution < 1.29 is 0 Å². The largest absolute Gasteiger partial charge is 0.247 e. The molecular weight excluding hydrogens is 209 g/mol.